The van der Waals surface area contributed by atoms with E-state index < -0.39 is 0 Å². The lowest BCUT2D eigenvalue weighted by Gasteiger charge is -2.44. The maximum atomic E-state index is 12.6. The van der Waals surface area contributed by atoms with Gasteiger partial charge in [-0.3, -0.25) is 9.89 Å². The molecule has 4 heterocycles. The number of H-pyrrole nitrogens is 1. The van der Waals surface area contributed by atoms with E-state index >= 15 is 0 Å². The second kappa shape index (κ2) is 5.28. The number of carbonyl (C=O) groups is 1. The lowest BCUT2D eigenvalue weighted by atomic mass is 9.84. The molecule has 0 unspecified atom stereocenters. The van der Waals surface area contributed by atoms with Crippen LogP contribution in [0.25, 0.3) is 10.9 Å². The summed E-state index contributed by atoms with van der Waals surface area (Å²) in [6, 6.07) is 5.83. The van der Waals surface area contributed by atoms with Crippen LogP contribution in [0.1, 0.15) is 23.3 Å². The highest BCUT2D eigenvalue weighted by atomic mass is 16.5. The Bertz CT molecular complexity index is 703. The first-order valence-electron chi connectivity index (χ1n) is 7.80. The summed E-state index contributed by atoms with van der Waals surface area (Å²) in [7, 11) is 1.62. The molecule has 1 atom stereocenters. The van der Waals surface area contributed by atoms with Crippen LogP contribution in [0.2, 0.25) is 0 Å². The number of aromatic amines is 1. The lowest BCUT2D eigenvalue weighted by Crippen LogP contribution is -2.57. The Balaban J connectivity index is 1.57. The Labute approximate surface area is 128 Å². The minimum Gasteiger partial charge on any atom is -0.497 e. The smallest absolute Gasteiger partial charge is 0.272 e. The molecule has 3 aliphatic heterocycles. The first-order valence-corrected chi connectivity index (χ1v) is 7.80. The zero-order valence-corrected chi connectivity index (χ0v) is 12.6. The molecule has 5 rings (SSSR count). The molecule has 3 aliphatic rings. The molecule has 1 aromatic heterocycles. The van der Waals surface area contributed by atoms with Gasteiger partial charge in [-0.05, 0) is 50.0 Å². The largest absolute Gasteiger partial charge is 0.497 e. The van der Waals surface area contributed by atoms with Gasteiger partial charge in [-0.15, -0.1) is 0 Å². The van der Waals surface area contributed by atoms with Gasteiger partial charge >= 0.3 is 0 Å². The highest BCUT2D eigenvalue weighted by Gasteiger charge is 2.35. The van der Waals surface area contributed by atoms with Gasteiger partial charge in [0.15, 0.2) is 5.69 Å². The van der Waals surface area contributed by atoms with Gasteiger partial charge in [-0.1, -0.05) is 0 Å². The summed E-state index contributed by atoms with van der Waals surface area (Å²) in [5, 5.41) is 11.1. The van der Waals surface area contributed by atoms with Gasteiger partial charge in [0.1, 0.15) is 5.75 Å². The van der Waals surface area contributed by atoms with Crippen LogP contribution in [0, 0.1) is 5.92 Å². The summed E-state index contributed by atoms with van der Waals surface area (Å²) in [5.74, 6) is 1.23. The van der Waals surface area contributed by atoms with E-state index in [0.717, 1.165) is 23.2 Å². The Kier molecular flexibility index (Phi) is 3.26. The van der Waals surface area contributed by atoms with Gasteiger partial charge in [0.25, 0.3) is 5.91 Å². The predicted molar refractivity (Wildman–Crippen MR) is 83.1 cm³/mol. The first-order chi connectivity index (χ1) is 10.7. The molecule has 0 aliphatic carbocycles. The number of rotatable bonds is 3. The second-order valence-electron chi connectivity index (χ2n) is 6.20. The van der Waals surface area contributed by atoms with Gasteiger partial charge in [0.05, 0.1) is 12.6 Å². The highest BCUT2D eigenvalue weighted by molar-refractivity contribution is 6.05. The van der Waals surface area contributed by atoms with Gasteiger partial charge in [-0.2, -0.15) is 5.10 Å². The molecular weight excluding hydrogens is 280 g/mol. The van der Waals surface area contributed by atoms with Crippen LogP contribution in [0.4, 0.5) is 0 Å². The topological polar surface area (TPSA) is 70.2 Å². The van der Waals surface area contributed by atoms with Crippen LogP contribution in [0.3, 0.4) is 0 Å². The molecule has 6 nitrogen and oxygen atoms in total. The van der Waals surface area contributed by atoms with Crippen molar-refractivity contribution >= 4 is 16.8 Å². The summed E-state index contributed by atoms with van der Waals surface area (Å²) in [6.45, 7) is 3.29. The van der Waals surface area contributed by atoms with Crippen molar-refractivity contribution in [2.45, 2.75) is 18.9 Å². The molecule has 3 fully saturated rings. The summed E-state index contributed by atoms with van der Waals surface area (Å²) in [6.07, 6.45) is 2.36. The average molecular weight is 300 g/mol. The number of benzene rings is 1. The minimum atomic E-state index is -0.0988. The van der Waals surface area contributed by atoms with Crippen LogP contribution in [0.15, 0.2) is 18.2 Å². The first kappa shape index (κ1) is 13.6. The van der Waals surface area contributed by atoms with E-state index in [9.17, 15) is 4.79 Å². The number of fused-ring (bicyclic) bond motifs is 4. The van der Waals surface area contributed by atoms with Crippen molar-refractivity contribution in [2.75, 3.05) is 26.7 Å². The number of nitrogens with zero attached hydrogens (tertiary/aromatic N) is 2. The predicted octanol–water partition coefficient (Wildman–Crippen LogP) is 1.40. The van der Waals surface area contributed by atoms with Crippen molar-refractivity contribution in [1.29, 1.82) is 0 Å². The number of nitrogens with one attached hydrogen (secondary N) is 2. The molecule has 2 N–H and O–H groups in total. The number of methoxy groups -OCH3 is 1. The fourth-order valence-corrected chi connectivity index (χ4v) is 3.66. The number of hydrogen-bond acceptors (Lipinski definition) is 4. The van der Waals surface area contributed by atoms with Crippen molar-refractivity contribution in [3.63, 3.8) is 0 Å². The maximum absolute atomic E-state index is 12.6. The molecule has 6 heteroatoms. The Morgan fingerprint density at radius 3 is 2.91 bits per heavy atom. The van der Waals surface area contributed by atoms with E-state index in [-0.39, 0.29) is 11.9 Å². The fraction of sp³-hybridized carbons (Fsp3) is 0.500. The van der Waals surface area contributed by atoms with Crippen LogP contribution in [-0.4, -0.2) is 53.8 Å². The van der Waals surface area contributed by atoms with Crippen molar-refractivity contribution in [3.05, 3.63) is 23.9 Å². The molecule has 0 radical (unpaired) electrons. The van der Waals surface area contributed by atoms with Crippen molar-refractivity contribution in [3.8, 4) is 5.75 Å². The van der Waals surface area contributed by atoms with Gasteiger partial charge < -0.3 is 15.0 Å². The van der Waals surface area contributed by atoms with E-state index in [1.807, 2.05) is 18.2 Å². The second-order valence-corrected chi connectivity index (χ2v) is 6.20. The number of hydrogen-bond donors (Lipinski definition) is 2. The standard InChI is InChI=1S/C16H20N4O2/c1-22-11-2-3-13-12(8-11)15(19-18-13)16(21)17-14-9-20-6-4-10(14)5-7-20/h2-3,8,10,14H,4-7,9H2,1H3,(H,17,21)(H,18,19)/t14-/m1/s1. The number of carbonyl (C=O) groups excluding carboxylic acids is 1. The molecule has 1 aromatic carbocycles. The van der Waals surface area contributed by atoms with Crippen LogP contribution in [-0.2, 0) is 0 Å². The summed E-state index contributed by atoms with van der Waals surface area (Å²) in [4.78, 5) is 15.0. The van der Waals surface area contributed by atoms with Gasteiger partial charge in [-0.25, -0.2) is 0 Å². The van der Waals surface area contributed by atoms with E-state index in [1.165, 1.54) is 25.9 Å². The SMILES string of the molecule is COc1ccc2[nH]nc(C(=O)N[C@@H]3CN4CCC3CC4)c2c1. The molecule has 1 amide bonds. The van der Waals surface area contributed by atoms with Crippen molar-refractivity contribution in [2.24, 2.45) is 5.92 Å². The fourth-order valence-electron chi connectivity index (χ4n) is 3.66. The Hall–Kier alpha value is -2.08. The molecule has 22 heavy (non-hydrogen) atoms. The van der Waals surface area contributed by atoms with Gasteiger partial charge in [0.2, 0.25) is 0 Å². The molecule has 116 valence electrons. The molecule has 0 spiro atoms. The third kappa shape index (κ3) is 2.23. The molecule has 3 saturated heterocycles. The Morgan fingerprint density at radius 2 is 2.23 bits per heavy atom. The number of aromatic nitrogens is 2. The van der Waals surface area contributed by atoms with Crippen LogP contribution in [0.5, 0.6) is 5.75 Å². The third-order valence-electron chi connectivity index (χ3n) is 4.96. The van der Waals surface area contributed by atoms with Crippen molar-refractivity contribution < 1.29 is 9.53 Å². The monoisotopic (exact) mass is 300 g/mol. The summed E-state index contributed by atoms with van der Waals surface area (Å²) < 4.78 is 5.24. The van der Waals surface area contributed by atoms with Gasteiger partial charge in [0, 0.05) is 18.0 Å². The third-order valence-corrected chi connectivity index (χ3v) is 4.96. The summed E-state index contributed by atoms with van der Waals surface area (Å²) in [5.41, 5.74) is 1.30. The van der Waals surface area contributed by atoms with E-state index in [4.69, 9.17) is 4.74 Å². The van der Waals surface area contributed by atoms with Crippen molar-refractivity contribution in [1.82, 2.24) is 20.4 Å². The molecule has 2 aromatic rings. The minimum absolute atomic E-state index is 0.0988. The normalized spacial score (nSPS) is 27.0. The van der Waals surface area contributed by atoms with Crippen LogP contribution < -0.4 is 10.1 Å². The average Bonchev–Trinajstić information content (AvgIpc) is 2.99. The van der Waals surface area contributed by atoms with Crippen LogP contribution >= 0.6 is 0 Å². The lowest BCUT2D eigenvalue weighted by molar-refractivity contribution is 0.0618. The number of piperidine rings is 3. The quantitative estimate of drug-likeness (QED) is 0.899. The molecule has 0 saturated carbocycles. The van der Waals surface area contributed by atoms with E-state index in [2.05, 4.69) is 20.4 Å². The summed E-state index contributed by atoms with van der Waals surface area (Å²) >= 11 is 0. The number of amides is 1. The Morgan fingerprint density at radius 1 is 1.41 bits per heavy atom. The highest BCUT2D eigenvalue weighted by Crippen LogP contribution is 2.28. The molecule has 2 bridgehead atoms. The maximum Gasteiger partial charge on any atom is 0.272 e. The molecular formula is C16H20N4O2. The van der Waals surface area contributed by atoms with E-state index in [1.54, 1.807) is 7.11 Å². The van der Waals surface area contributed by atoms with E-state index in [0.29, 0.717) is 11.6 Å². The zero-order chi connectivity index (χ0) is 15.1. The zero-order valence-electron chi connectivity index (χ0n) is 12.6. The number of ether oxygens (including phenoxy) is 1.